The number of esters is 1. The van der Waals surface area contributed by atoms with Crippen molar-refractivity contribution in [2.24, 2.45) is 4.99 Å². The molecule has 0 N–H and O–H groups in total. The van der Waals surface area contributed by atoms with Gasteiger partial charge in [0.2, 0.25) is 5.90 Å². The number of fused-ring (bicyclic) bond motifs is 1. The number of aryl methyl sites for hydroxylation is 1. The SMILES string of the molecule is Cc1ccc2c(Cl)c(C3=N/C(=C\c4ccccc4[N+](=O)[O-])C(=O)O3)sc2c1. The maximum absolute atomic E-state index is 12.2. The van der Waals surface area contributed by atoms with Crippen molar-refractivity contribution in [2.75, 3.05) is 0 Å². The third kappa shape index (κ3) is 3.11. The summed E-state index contributed by atoms with van der Waals surface area (Å²) in [5.74, 6) is -0.568. The largest absolute Gasteiger partial charge is 0.401 e. The predicted molar refractivity (Wildman–Crippen MR) is 105 cm³/mol. The van der Waals surface area contributed by atoms with Crippen LogP contribution in [-0.2, 0) is 9.53 Å². The molecule has 0 bridgehead atoms. The first-order chi connectivity index (χ1) is 12.9. The van der Waals surface area contributed by atoms with Crippen molar-refractivity contribution in [3.05, 3.63) is 79.3 Å². The van der Waals surface area contributed by atoms with E-state index in [0.29, 0.717) is 9.90 Å². The molecule has 134 valence electrons. The number of nitrogens with zero attached hydrogens (tertiary/aromatic N) is 2. The number of carbonyl (C=O) groups is 1. The van der Waals surface area contributed by atoms with E-state index >= 15 is 0 Å². The molecule has 1 aromatic heterocycles. The number of aliphatic imine (C=N–C) groups is 1. The number of nitro benzene ring substituents is 1. The van der Waals surface area contributed by atoms with Crippen LogP contribution in [-0.4, -0.2) is 16.8 Å². The molecule has 2 aromatic carbocycles. The highest BCUT2D eigenvalue weighted by Gasteiger charge is 2.28. The van der Waals surface area contributed by atoms with Gasteiger partial charge < -0.3 is 4.74 Å². The molecule has 0 aliphatic carbocycles. The minimum atomic E-state index is -0.673. The van der Waals surface area contributed by atoms with Crippen LogP contribution < -0.4 is 0 Å². The highest BCUT2D eigenvalue weighted by atomic mass is 35.5. The van der Waals surface area contributed by atoms with Crippen molar-refractivity contribution in [1.82, 2.24) is 0 Å². The Bertz CT molecular complexity index is 1180. The van der Waals surface area contributed by atoms with Crippen LogP contribution in [0.1, 0.15) is 16.0 Å². The molecule has 0 fully saturated rings. The highest BCUT2D eigenvalue weighted by molar-refractivity contribution is 7.21. The Balaban J connectivity index is 1.78. The summed E-state index contributed by atoms with van der Waals surface area (Å²) >= 11 is 7.82. The molecule has 4 rings (SSSR count). The third-order valence-corrected chi connectivity index (χ3v) is 5.67. The summed E-state index contributed by atoms with van der Waals surface area (Å²) in [6.45, 7) is 1.98. The second-order valence-corrected chi connectivity index (χ2v) is 7.33. The Labute approximate surface area is 162 Å². The predicted octanol–water partition coefficient (Wildman–Crippen LogP) is 5.12. The van der Waals surface area contributed by atoms with Crippen LogP contribution >= 0.6 is 22.9 Å². The third-order valence-electron chi connectivity index (χ3n) is 4.03. The molecule has 0 saturated heterocycles. The number of benzene rings is 2. The van der Waals surface area contributed by atoms with Crippen molar-refractivity contribution in [3.8, 4) is 0 Å². The Hall–Kier alpha value is -3.03. The number of rotatable bonds is 3. The van der Waals surface area contributed by atoms with Crippen molar-refractivity contribution in [2.45, 2.75) is 6.92 Å². The molecule has 0 atom stereocenters. The van der Waals surface area contributed by atoms with E-state index in [4.69, 9.17) is 16.3 Å². The van der Waals surface area contributed by atoms with Gasteiger partial charge in [-0.3, -0.25) is 10.1 Å². The van der Waals surface area contributed by atoms with E-state index in [9.17, 15) is 14.9 Å². The summed E-state index contributed by atoms with van der Waals surface area (Å²) in [5, 5.41) is 12.5. The fourth-order valence-electron chi connectivity index (χ4n) is 2.74. The first kappa shape index (κ1) is 17.4. The van der Waals surface area contributed by atoms with Crippen LogP contribution in [0.4, 0.5) is 5.69 Å². The average molecular weight is 399 g/mol. The Morgan fingerprint density at radius 2 is 2.04 bits per heavy atom. The number of ether oxygens (including phenoxy) is 1. The van der Waals surface area contributed by atoms with Gasteiger partial charge in [-0.2, -0.15) is 0 Å². The van der Waals surface area contributed by atoms with E-state index in [-0.39, 0.29) is 22.8 Å². The van der Waals surface area contributed by atoms with E-state index in [0.717, 1.165) is 15.6 Å². The Morgan fingerprint density at radius 1 is 1.26 bits per heavy atom. The smallest absolute Gasteiger partial charge is 0.363 e. The van der Waals surface area contributed by atoms with Crippen molar-refractivity contribution >= 4 is 56.7 Å². The van der Waals surface area contributed by atoms with Crippen LogP contribution in [0.2, 0.25) is 5.02 Å². The van der Waals surface area contributed by atoms with E-state index in [1.807, 2.05) is 25.1 Å². The lowest BCUT2D eigenvalue weighted by molar-refractivity contribution is -0.385. The van der Waals surface area contributed by atoms with E-state index in [1.165, 1.54) is 23.5 Å². The molecule has 27 heavy (non-hydrogen) atoms. The quantitative estimate of drug-likeness (QED) is 0.265. The van der Waals surface area contributed by atoms with Gasteiger partial charge in [-0.05, 0) is 30.7 Å². The number of carbonyl (C=O) groups excluding carboxylic acids is 1. The number of nitro groups is 1. The molecule has 2 heterocycles. The molecule has 0 amide bonds. The summed E-state index contributed by atoms with van der Waals surface area (Å²) in [6.07, 6.45) is 1.35. The van der Waals surface area contributed by atoms with Gasteiger partial charge in [0, 0.05) is 16.2 Å². The molecule has 0 saturated carbocycles. The van der Waals surface area contributed by atoms with Crippen LogP contribution in [0.3, 0.4) is 0 Å². The van der Waals surface area contributed by atoms with Gasteiger partial charge in [0.15, 0.2) is 5.70 Å². The van der Waals surface area contributed by atoms with Gasteiger partial charge >= 0.3 is 5.97 Å². The minimum Gasteiger partial charge on any atom is -0.401 e. The summed E-state index contributed by atoms with van der Waals surface area (Å²) in [4.78, 5) is 27.6. The Kier molecular flexibility index (Phi) is 4.25. The van der Waals surface area contributed by atoms with Gasteiger partial charge in [-0.25, -0.2) is 9.79 Å². The second kappa shape index (κ2) is 6.61. The van der Waals surface area contributed by atoms with Crippen molar-refractivity contribution in [1.29, 1.82) is 0 Å². The zero-order chi connectivity index (χ0) is 19.1. The van der Waals surface area contributed by atoms with Gasteiger partial charge in [0.05, 0.1) is 15.5 Å². The van der Waals surface area contributed by atoms with E-state index in [1.54, 1.807) is 18.2 Å². The summed E-state index contributed by atoms with van der Waals surface area (Å²) < 4.78 is 6.23. The number of thiophene rings is 1. The van der Waals surface area contributed by atoms with Crippen molar-refractivity contribution < 1.29 is 14.5 Å². The maximum Gasteiger partial charge on any atom is 0.363 e. The number of hydrogen-bond donors (Lipinski definition) is 0. The lowest BCUT2D eigenvalue weighted by Gasteiger charge is -1.96. The number of para-hydroxylation sites is 1. The molecule has 0 unspecified atom stereocenters. The second-order valence-electron chi connectivity index (χ2n) is 5.90. The van der Waals surface area contributed by atoms with Gasteiger partial charge in [0.1, 0.15) is 4.88 Å². The van der Waals surface area contributed by atoms with Gasteiger partial charge in [-0.15, -0.1) is 11.3 Å². The average Bonchev–Trinajstić information content (AvgIpc) is 3.15. The molecule has 1 aliphatic heterocycles. The minimum absolute atomic E-state index is 0.0102. The molecular formula is C19H11ClN2O4S. The molecule has 6 nitrogen and oxygen atoms in total. The molecule has 0 spiro atoms. The van der Waals surface area contributed by atoms with Crippen LogP contribution in [0.25, 0.3) is 16.2 Å². The topological polar surface area (TPSA) is 81.8 Å². The van der Waals surface area contributed by atoms with Crippen LogP contribution in [0, 0.1) is 17.0 Å². The monoisotopic (exact) mass is 398 g/mol. The summed E-state index contributed by atoms with van der Waals surface area (Å²) in [6, 6.07) is 12.0. The zero-order valence-electron chi connectivity index (χ0n) is 13.9. The van der Waals surface area contributed by atoms with Crippen molar-refractivity contribution in [3.63, 3.8) is 0 Å². The van der Waals surface area contributed by atoms with E-state index < -0.39 is 10.9 Å². The van der Waals surface area contributed by atoms with E-state index in [2.05, 4.69) is 4.99 Å². The zero-order valence-corrected chi connectivity index (χ0v) is 15.5. The fraction of sp³-hybridized carbons (Fsp3) is 0.0526. The molecule has 3 aromatic rings. The number of hydrogen-bond acceptors (Lipinski definition) is 6. The first-order valence-electron chi connectivity index (χ1n) is 7.89. The molecule has 0 radical (unpaired) electrons. The lowest BCUT2D eigenvalue weighted by Crippen LogP contribution is -2.04. The molecule has 8 heteroatoms. The first-order valence-corrected chi connectivity index (χ1v) is 9.08. The standard InChI is InChI=1S/C19H11ClN2O4S/c1-10-6-7-12-15(8-10)27-17(16(12)20)18-21-13(19(23)26-18)9-11-4-2-3-5-14(11)22(24)25/h2-9H,1H3/b13-9-. The lowest BCUT2D eigenvalue weighted by atomic mass is 10.1. The number of halogens is 1. The summed E-state index contributed by atoms with van der Waals surface area (Å²) in [5.41, 5.74) is 1.24. The molecule has 1 aliphatic rings. The van der Waals surface area contributed by atoms with Crippen LogP contribution in [0.15, 0.2) is 53.2 Å². The normalized spacial score (nSPS) is 15.3. The maximum atomic E-state index is 12.2. The summed E-state index contributed by atoms with van der Waals surface area (Å²) in [7, 11) is 0. The van der Waals surface area contributed by atoms with Crippen LogP contribution in [0.5, 0.6) is 0 Å². The number of cyclic esters (lactones) is 1. The molecular weight excluding hydrogens is 388 g/mol. The van der Waals surface area contributed by atoms with Gasteiger partial charge in [-0.1, -0.05) is 35.9 Å². The Morgan fingerprint density at radius 3 is 2.81 bits per heavy atom. The fourth-order valence-corrected chi connectivity index (χ4v) is 4.28. The highest BCUT2D eigenvalue weighted by Crippen LogP contribution is 2.38. The van der Waals surface area contributed by atoms with Gasteiger partial charge in [0.25, 0.3) is 5.69 Å².